The minimum Gasteiger partial charge on any atom is -0.410 e. The van der Waals surface area contributed by atoms with Crippen LogP contribution in [0.25, 0.3) is 0 Å². The van der Waals surface area contributed by atoms with Gasteiger partial charge >= 0.3 is 0 Å². The largest absolute Gasteiger partial charge is 0.410 e. The monoisotopic (exact) mass is 422 g/mol. The zero-order valence-corrected chi connectivity index (χ0v) is 22.4. The van der Waals surface area contributed by atoms with E-state index in [-0.39, 0.29) is 21.8 Å². The highest BCUT2D eigenvalue weighted by Crippen LogP contribution is 2.73. The van der Waals surface area contributed by atoms with Crippen molar-refractivity contribution in [2.24, 2.45) is 11.3 Å². The number of rotatable bonds is 4. The van der Waals surface area contributed by atoms with Crippen molar-refractivity contribution in [1.29, 1.82) is 0 Å². The Balaban J connectivity index is 1.89. The van der Waals surface area contributed by atoms with Gasteiger partial charge in [0.1, 0.15) is 0 Å². The third kappa shape index (κ3) is 3.65. The van der Waals surface area contributed by atoms with Crippen LogP contribution in [0, 0.1) is 11.3 Å². The molecule has 0 aromatic carbocycles. The van der Waals surface area contributed by atoms with Crippen LogP contribution in [-0.2, 0) is 8.85 Å². The highest BCUT2D eigenvalue weighted by molar-refractivity contribution is 6.74. The fourth-order valence-electron chi connectivity index (χ4n) is 5.26. The molecule has 0 saturated heterocycles. The van der Waals surface area contributed by atoms with E-state index in [2.05, 4.69) is 79.9 Å². The van der Waals surface area contributed by atoms with Crippen molar-refractivity contribution in [3.63, 3.8) is 0 Å². The summed E-state index contributed by atoms with van der Waals surface area (Å²) in [4.78, 5) is 0. The first-order valence-electron chi connectivity index (χ1n) is 11.6. The molecule has 4 heteroatoms. The van der Waals surface area contributed by atoms with E-state index in [1.807, 2.05) is 0 Å². The van der Waals surface area contributed by atoms with Crippen molar-refractivity contribution in [2.45, 2.75) is 128 Å². The van der Waals surface area contributed by atoms with Crippen LogP contribution in [0.4, 0.5) is 0 Å². The lowest BCUT2D eigenvalue weighted by Gasteiger charge is -2.46. The van der Waals surface area contributed by atoms with Gasteiger partial charge in [0, 0.05) is 5.41 Å². The van der Waals surface area contributed by atoms with E-state index in [9.17, 15) is 0 Å². The molecule has 0 aliphatic heterocycles. The maximum Gasteiger partial charge on any atom is 0.192 e. The number of hydrogen-bond acceptors (Lipinski definition) is 2. The van der Waals surface area contributed by atoms with Gasteiger partial charge in [-0.15, -0.1) is 0 Å². The summed E-state index contributed by atoms with van der Waals surface area (Å²) in [6.45, 7) is 23.9. The second kappa shape index (κ2) is 6.80. The molecule has 0 aromatic heterocycles. The molecule has 0 bridgehead atoms. The van der Waals surface area contributed by atoms with Gasteiger partial charge in [0.2, 0.25) is 0 Å². The molecule has 2 fully saturated rings. The first kappa shape index (κ1) is 22.8. The molecule has 0 unspecified atom stereocenters. The van der Waals surface area contributed by atoms with Crippen LogP contribution in [-0.4, -0.2) is 28.3 Å². The van der Waals surface area contributed by atoms with Crippen molar-refractivity contribution in [3.05, 3.63) is 12.2 Å². The minimum absolute atomic E-state index is 0.0864. The third-order valence-electron chi connectivity index (χ3n) is 9.14. The molecule has 0 aromatic rings. The number of hydrogen-bond donors (Lipinski definition) is 0. The summed E-state index contributed by atoms with van der Waals surface area (Å²) < 4.78 is 14.3. The van der Waals surface area contributed by atoms with Crippen LogP contribution in [0.2, 0.25) is 36.3 Å². The first-order chi connectivity index (χ1) is 12.6. The Kier molecular flexibility index (Phi) is 5.53. The summed E-state index contributed by atoms with van der Waals surface area (Å²) in [7, 11) is -3.58. The molecule has 1 spiro atoms. The van der Waals surface area contributed by atoms with E-state index in [0.717, 1.165) is 6.42 Å². The molecule has 4 atom stereocenters. The molecule has 28 heavy (non-hydrogen) atoms. The van der Waals surface area contributed by atoms with E-state index in [1.54, 1.807) is 0 Å². The highest BCUT2D eigenvalue weighted by atomic mass is 28.4. The highest BCUT2D eigenvalue weighted by Gasteiger charge is 2.73. The van der Waals surface area contributed by atoms with Crippen LogP contribution >= 0.6 is 0 Å². The SMILES string of the molecule is CC(C)(C)[Si](C)(C)O[C@H]1C=CC[C@@]2(O[Si](C)(C)C(C)(C)C)C[C@]23CCCC[C@H]13. The Labute approximate surface area is 177 Å². The van der Waals surface area contributed by atoms with E-state index >= 15 is 0 Å². The van der Waals surface area contributed by atoms with Crippen LogP contribution < -0.4 is 0 Å². The predicted octanol–water partition coefficient (Wildman–Crippen LogP) is 7.68. The average molecular weight is 423 g/mol. The van der Waals surface area contributed by atoms with Crippen molar-refractivity contribution in [3.8, 4) is 0 Å². The van der Waals surface area contributed by atoms with Gasteiger partial charge in [0.05, 0.1) is 11.7 Å². The molecule has 0 amide bonds. The second-order valence-corrected chi connectivity index (χ2v) is 22.5. The first-order valence-corrected chi connectivity index (χ1v) is 17.4. The summed E-state index contributed by atoms with van der Waals surface area (Å²) in [5.74, 6) is 0.638. The summed E-state index contributed by atoms with van der Waals surface area (Å²) >= 11 is 0. The lowest BCUT2D eigenvalue weighted by molar-refractivity contribution is 0.0180. The summed E-state index contributed by atoms with van der Waals surface area (Å²) in [5.41, 5.74) is 0.445. The van der Waals surface area contributed by atoms with E-state index in [0.29, 0.717) is 11.3 Å². The Morgan fingerprint density at radius 1 is 0.893 bits per heavy atom. The van der Waals surface area contributed by atoms with Gasteiger partial charge in [0.25, 0.3) is 0 Å². The van der Waals surface area contributed by atoms with Gasteiger partial charge in [-0.3, -0.25) is 0 Å². The molecule has 2 nitrogen and oxygen atoms in total. The van der Waals surface area contributed by atoms with Crippen LogP contribution in [0.1, 0.15) is 80.1 Å². The van der Waals surface area contributed by atoms with Gasteiger partial charge in [-0.1, -0.05) is 66.5 Å². The Morgan fingerprint density at radius 2 is 1.50 bits per heavy atom. The van der Waals surface area contributed by atoms with Gasteiger partial charge in [0.15, 0.2) is 16.6 Å². The summed E-state index contributed by atoms with van der Waals surface area (Å²) in [5, 5.41) is 0.524. The fraction of sp³-hybridized carbons (Fsp3) is 0.917. The molecular formula is C24H46O2Si2. The topological polar surface area (TPSA) is 18.5 Å². The van der Waals surface area contributed by atoms with Gasteiger partial charge in [-0.2, -0.15) is 0 Å². The standard InChI is InChI=1S/C24H46O2Si2/c1-21(2,3)27(7,8)25-20-15-13-17-24(26-28(9,10)22(4,5)6)18-23(24)16-12-11-14-19(20)23/h13,15,19-20H,11-12,14,16-18H2,1-10H3/t19-,20+,23+,24-/m1/s1. The van der Waals surface area contributed by atoms with E-state index in [1.165, 1.54) is 32.1 Å². The normalized spacial score (nSPS) is 36.5. The molecule has 0 radical (unpaired) electrons. The Morgan fingerprint density at radius 3 is 2.07 bits per heavy atom. The summed E-state index contributed by atoms with van der Waals surface area (Å²) in [6.07, 6.45) is 12.9. The molecule has 3 aliphatic rings. The van der Waals surface area contributed by atoms with Gasteiger partial charge in [-0.05, 0) is 67.9 Å². The zero-order chi connectivity index (χ0) is 21.2. The Hall–Kier alpha value is 0.0938. The molecule has 2 saturated carbocycles. The van der Waals surface area contributed by atoms with Gasteiger partial charge in [-0.25, -0.2) is 0 Å². The van der Waals surface area contributed by atoms with E-state index in [4.69, 9.17) is 8.85 Å². The Bertz CT molecular complexity index is 625. The summed E-state index contributed by atoms with van der Waals surface area (Å²) in [6, 6.07) is 0. The lowest BCUT2D eigenvalue weighted by Crippen LogP contribution is -2.50. The van der Waals surface area contributed by atoms with Gasteiger partial charge < -0.3 is 8.85 Å². The predicted molar refractivity (Wildman–Crippen MR) is 126 cm³/mol. The molecule has 0 heterocycles. The lowest BCUT2D eigenvalue weighted by atomic mass is 9.72. The van der Waals surface area contributed by atoms with Crippen molar-refractivity contribution < 1.29 is 8.85 Å². The molecular weight excluding hydrogens is 376 g/mol. The van der Waals surface area contributed by atoms with Crippen LogP contribution in [0.3, 0.4) is 0 Å². The smallest absolute Gasteiger partial charge is 0.192 e. The van der Waals surface area contributed by atoms with Crippen molar-refractivity contribution in [2.75, 3.05) is 0 Å². The minimum atomic E-state index is -1.79. The molecule has 3 aliphatic carbocycles. The third-order valence-corrected chi connectivity index (χ3v) is 18.1. The maximum absolute atomic E-state index is 7.23. The fourth-order valence-corrected chi connectivity index (χ4v) is 8.18. The van der Waals surface area contributed by atoms with Crippen molar-refractivity contribution >= 4 is 16.6 Å². The average Bonchev–Trinajstić information content (AvgIpc) is 3.11. The molecule has 0 N–H and O–H groups in total. The maximum atomic E-state index is 7.23. The molecule has 162 valence electrons. The second-order valence-electron chi connectivity index (χ2n) is 13.0. The van der Waals surface area contributed by atoms with Crippen molar-refractivity contribution in [1.82, 2.24) is 0 Å². The van der Waals surface area contributed by atoms with Crippen LogP contribution in [0.15, 0.2) is 12.2 Å². The quantitative estimate of drug-likeness (QED) is 0.341. The van der Waals surface area contributed by atoms with E-state index < -0.39 is 16.6 Å². The van der Waals surface area contributed by atoms with Crippen LogP contribution in [0.5, 0.6) is 0 Å². The zero-order valence-electron chi connectivity index (χ0n) is 20.4. The molecule has 3 rings (SSSR count).